The van der Waals surface area contributed by atoms with Crippen LogP contribution in [0.3, 0.4) is 0 Å². The SMILES string of the molecule is CC/C=C\C/C=C\C/C=C\C/C=C\C/C=C\CCCCCC(=O)OC1C(OCC(COC(=O)CCCCCCCCCCC/C=C\C/C=C\CCCCC)OC(=O)CCC/C=C\C/C=C\C/C=C\C/C=C\C/C=C\CC)OC(C(=O)O)C(O)C1O. The molecule has 3 N–H and O–H groups in total. The van der Waals surface area contributed by atoms with Crippen LogP contribution in [0.5, 0.6) is 0 Å². The molecule has 0 radical (unpaired) electrons. The molecule has 85 heavy (non-hydrogen) atoms. The minimum absolute atomic E-state index is 0.00607. The van der Waals surface area contributed by atoms with E-state index < -0.39 is 67.3 Å². The van der Waals surface area contributed by atoms with Crippen LogP contribution in [0.15, 0.2) is 146 Å². The van der Waals surface area contributed by atoms with E-state index in [1.54, 1.807) is 0 Å². The molecule has 12 heteroatoms. The van der Waals surface area contributed by atoms with E-state index >= 15 is 0 Å². The minimum Gasteiger partial charge on any atom is -0.479 e. The highest BCUT2D eigenvalue weighted by atomic mass is 16.7. The summed E-state index contributed by atoms with van der Waals surface area (Å²) < 4.78 is 28.4. The third-order valence-corrected chi connectivity index (χ3v) is 13.9. The molecule has 0 aliphatic carbocycles. The molecule has 1 aliphatic rings. The summed E-state index contributed by atoms with van der Waals surface area (Å²) in [6.07, 6.45) is 72.3. The fourth-order valence-electron chi connectivity index (χ4n) is 8.93. The summed E-state index contributed by atoms with van der Waals surface area (Å²) in [6, 6.07) is 0. The van der Waals surface area contributed by atoms with Crippen molar-refractivity contribution >= 4 is 23.9 Å². The average Bonchev–Trinajstić information content (AvgIpc) is 2.79. The molecule has 0 aromatic rings. The topological polar surface area (TPSA) is 175 Å². The number of aliphatic carboxylic acids is 1. The maximum absolute atomic E-state index is 13.2. The van der Waals surface area contributed by atoms with Crippen molar-refractivity contribution in [3.8, 4) is 0 Å². The molecule has 1 rings (SSSR count). The monoisotopic (exact) mass is 1180 g/mol. The van der Waals surface area contributed by atoms with Crippen LogP contribution < -0.4 is 0 Å². The van der Waals surface area contributed by atoms with Crippen molar-refractivity contribution < 1.29 is 58.2 Å². The van der Waals surface area contributed by atoms with Crippen molar-refractivity contribution in [2.24, 2.45) is 0 Å². The van der Waals surface area contributed by atoms with Gasteiger partial charge in [0.25, 0.3) is 0 Å². The van der Waals surface area contributed by atoms with Gasteiger partial charge in [0.1, 0.15) is 18.8 Å². The Bertz CT molecular complexity index is 2030. The molecule has 1 fully saturated rings. The molecular formula is C73H114O12. The van der Waals surface area contributed by atoms with Gasteiger partial charge in [0.2, 0.25) is 0 Å². The second-order valence-electron chi connectivity index (χ2n) is 21.6. The molecule has 1 heterocycles. The number of aliphatic hydroxyl groups excluding tert-OH is 2. The van der Waals surface area contributed by atoms with Crippen LogP contribution in [-0.2, 0) is 42.9 Å². The highest BCUT2D eigenvalue weighted by Crippen LogP contribution is 2.26. The quantitative estimate of drug-likeness (QED) is 0.0228. The smallest absolute Gasteiger partial charge is 0.335 e. The molecule has 0 amide bonds. The Kier molecular flexibility index (Phi) is 53.8. The van der Waals surface area contributed by atoms with Crippen molar-refractivity contribution in [1.82, 2.24) is 0 Å². The molecule has 0 bridgehead atoms. The molecule has 0 saturated carbocycles. The normalized spacial score (nSPS) is 18.4. The first kappa shape index (κ1) is 77.6. The third kappa shape index (κ3) is 48.4. The highest BCUT2D eigenvalue weighted by Gasteiger charge is 2.50. The van der Waals surface area contributed by atoms with E-state index in [0.717, 1.165) is 116 Å². The third-order valence-electron chi connectivity index (χ3n) is 13.9. The number of hydrogen-bond acceptors (Lipinski definition) is 11. The Morgan fingerprint density at radius 2 is 0.753 bits per heavy atom. The lowest BCUT2D eigenvalue weighted by Gasteiger charge is -2.40. The van der Waals surface area contributed by atoms with Crippen LogP contribution >= 0.6 is 0 Å². The first-order valence-corrected chi connectivity index (χ1v) is 32.8. The number of allylic oxidation sites excluding steroid dienone is 24. The van der Waals surface area contributed by atoms with Gasteiger partial charge in [-0.05, 0) is 135 Å². The Morgan fingerprint density at radius 1 is 0.400 bits per heavy atom. The molecule has 6 unspecified atom stereocenters. The van der Waals surface area contributed by atoms with Gasteiger partial charge in [0, 0.05) is 19.3 Å². The summed E-state index contributed by atoms with van der Waals surface area (Å²) >= 11 is 0. The average molecular weight is 1180 g/mol. The van der Waals surface area contributed by atoms with Crippen molar-refractivity contribution in [3.05, 3.63) is 146 Å². The van der Waals surface area contributed by atoms with Gasteiger partial charge in [-0.3, -0.25) is 14.4 Å². The van der Waals surface area contributed by atoms with Gasteiger partial charge < -0.3 is 39.0 Å². The number of unbranched alkanes of at least 4 members (excludes halogenated alkanes) is 16. The number of ether oxygens (including phenoxy) is 5. The molecule has 478 valence electrons. The number of hydrogen-bond donors (Lipinski definition) is 3. The summed E-state index contributed by atoms with van der Waals surface area (Å²) in [7, 11) is 0. The summed E-state index contributed by atoms with van der Waals surface area (Å²) in [4.78, 5) is 51.4. The number of esters is 3. The Balaban J connectivity index is 2.73. The molecule has 0 spiro atoms. The van der Waals surface area contributed by atoms with Gasteiger partial charge in [-0.25, -0.2) is 4.79 Å². The lowest BCUT2D eigenvalue weighted by molar-refractivity contribution is -0.301. The molecule has 0 aromatic heterocycles. The first-order valence-electron chi connectivity index (χ1n) is 32.8. The largest absolute Gasteiger partial charge is 0.479 e. The zero-order chi connectivity index (χ0) is 61.7. The van der Waals surface area contributed by atoms with E-state index in [-0.39, 0.29) is 25.9 Å². The van der Waals surface area contributed by atoms with E-state index in [0.29, 0.717) is 25.7 Å². The number of carboxylic acid groups (broad SMARTS) is 1. The number of carbonyl (C=O) groups is 4. The molecule has 12 nitrogen and oxygen atoms in total. The van der Waals surface area contributed by atoms with Gasteiger partial charge >= 0.3 is 23.9 Å². The van der Waals surface area contributed by atoms with Crippen LogP contribution in [0.1, 0.15) is 239 Å². The summed E-state index contributed by atoms with van der Waals surface area (Å²) in [6.45, 7) is 5.69. The van der Waals surface area contributed by atoms with Crippen molar-refractivity contribution in [2.45, 2.75) is 276 Å². The number of rotatable bonds is 54. The van der Waals surface area contributed by atoms with Crippen LogP contribution in [-0.4, -0.2) is 89.2 Å². The van der Waals surface area contributed by atoms with E-state index in [1.165, 1.54) is 57.8 Å². The lowest BCUT2D eigenvalue weighted by atomic mass is 9.98. The Morgan fingerprint density at radius 3 is 1.18 bits per heavy atom. The van der Waals surface area contributed by atoms with Crippen LogP contribution in [0.25, 0.3) is 0 Å². The standard InChI is InChI=1S/C73H114O12/c1-4-7-10-13-16-19-22-25-28-31-33-36-38-41-44-47-50-53-56-59-65(74)81-62-64(83-66(75)60-57-54-51-48-45-42-39-35-30-27-24-21-18-15-12-9-6-3)63-82-73-71(69(78)68(77)70(85-73)72(79)80)84-67(76)61-58-55-52-49-46-43-40-37-34-32-29-26-23-20-17-14-11-8-5-2/h8-9,11-12,16-21,25-30,34,37,39,42-43,46,48,51,64,68-71,73,77-78H,4-7,10,13-15,22-24,31-33,35-36,38,40-41,44-45,47,49-50,52-63H2,1-3H3,(H,79,80)/b11-8-,12-9-,19-16-,20-17-,21-18-,28-25-,29-26-,30-27-,37-34-,42-39-,46-43-,51-48-. The lowest BCUT2D eigenvalue weighted by Crippen LogP contribution is -2.61. The van der Waals surface area contributed by atoms with E-state index in [2.05, 4.69) is 154 Å². The maximum atomic E-state index is 13.2. The van der Waals surface area contributed by atoms with Gasteiger partial charge in [-0.1, -0.05) is 231 Å². The fraction of sp³-hybridized carbons (Fsp3) is 0.616. The molecule has 6 atom stereocenters. The summed E-state index contributed by atoms with van der Waals surface area (Å²) in [5, 5.41) is 31.6. The predicted octanol–water partition coefficient (Wildman–Crippen LogP) is 17.9. The number of aliphatic hydroxyl groups is 2. The highest BCUT2D eigenvalue weighted by molar-refractivity contribution is 5.74. The van der Waals surface area contributed by atoms with Gasteiger partial charge in [0.05, 0.1) is 6.61 Å². The van der Waals surface area contributed by atoms with Crippen LogP contribution in [0.2, 0.25) is 0 Å². The molecule has 1 saturated heterocycles. The molecule has 0 aromatic carbocycles. The van der Waals surface area contributed by atoms with E-state index in [9.17, 15) is 34.5 Å². The predicted molar refractivity (Wildman–Crippen MR) is 349 cm³/mol. The Labute approximate surface area is 514 Å². The molecule has 1 aliphatic heterocycles. The second-order valence-corrected chi connectivity index (χ2v) is 21.6. The van der Waals surface area contributed by atoms with Gasteiger partial charge in [-0.2, -0.15) is 0 Å². The Hall–Kier alpha value is -5.40. The van der Waals surface area contributed by atoms with Crippen LogP contribution in [0, 0.1) is 0 Å². The zero-order valence-electron chi connectivity index (χ0n) is 52.8. The first-order chi connectivity index (χ1) is 41.6. The van der Waals surface area contributed by atoms with Crippen LogP contribution in [0.4, 0.5) is 0 Å². The minimum atomic E-state index is -1.93. The van der Waals surface area contributed by atoms with E-state index in [4.69, 9.17) is 23.7 Å². The zero-order valence-corrected chi connectivity index (χ0v) is 52.8. The van der Waals surface area contributed by atoms with Crippen molar-refractivity contribution in [1.29, 1.82) is 0 Å². The second kappa shape index (κ2) is 59.0. The molecular weight excluding hydrogens is 1070 g/mol. The van der Waals surface area contributed by atoms with Gasteiger partial charge in [-0.15, -0.1) is 0 Å². The summed E-state index contributed by atoms with van der Waals surface area (Å²) in [5.74, 6) is -3.27. The maximum Gasteiger partial charge on any atom is 0.335 e. The van der Waals surface area contributed by atoms with Crippen molar-refractivity contribution in [3.63, 3.8) is 0 Å². The van der Waals surface area contributed by atoms with E-state index in [1.807, 2.05) is 12.2 Å². The van der Waals surface area contributed by atoms with Gasteiger partial charge in [0.15, 0.2) is 24.6 Å². The fourth-order valence-corrected chi connectivity index (χ4v) is 8.93. The summed E-state index contributed by atoms with van der Waals surface area (Å²) in [5.41, 5.74) is 0. The van der Waals surface area contributed by atoms with Crippen molar-refractivity contribution in [2.75, 3.05) is 13.2 Å². The number of carboxylic acids is 1. The number of carbonyl (C=O) groups excluding carboxylic acids is 3.